The number of aryl methyl sites for hydroxylation is 1. The fraction of sp³-hybridized carbons (Fsp3) is 0.368. The first kappa shape index (κ1) is 16.6. The highest BCUT2D eigenvalue weighted by atomic mass is 16.5. The number of nitrogens with one attached hydrogen (secondary N) is 2. The highest BCUT2D eigenvalue weighted by molar-refractivity contribution is 6.08. The summed E-state index contributed by atoms with van der Waals surface area (Å²) >= 11 is 0. The molecule has 0 saturated heterocycles. The van der Waals surface area contributed by atoms with Crippen molar-refractivity contribution in [1.82, 2.24) is 15.2 Å². The van der Waals surface area contributed by atoms with Gasteiger partial charge in [0.1, 0.15) is 24.7 Å². The second kappa shape index (κ2) is 7.55. The van der Waals surface area contributed by atoms with Crippen molar-refractivity contribution < 1.29 is 9.47 Å². The molecule has 0 aliphatic rings. The maximum atomic E-state index is 5.80. The van der Waals surface area contributed by atoms with E-state index in [1.807, 2.05) is 26.2 Å². The van der Waals surface area contributed by atoms with Gasteiger partial charge >= 0.3 is 0 Å². The Hall–Kier alpha value is -2.24. The van der Waals surface area contributed by atoms with E-state index in [0.717, 1.165) is 24.6 Å². The van der Waals surface area contributed by atoms with Crippen molar-refractivity contribution in [2.45, 2.75) is 0 Å². The lowest BCUT2D eigenvalue weighted by Crippen LogP contribution is -2.15. The van der Waals surface area contributed by atoms with Gasteiger partial charge in [-0.15, -0.1) is 0 Å². The van der Waals surface area contributed by atoms with Crippen LogP contribution in [-0.2, 0) is 7.05 Å². The number of nitrogens with zero attached hydrogens (tertiary/aromatic N) is 1. The van der Waals surface area contributed by atoms with E-state index in [0.29, 0.717) is 13.2 Å². The van der Waals surface area contributed by atoms with Gasteiger partial charge in [0.2, 0.25) is 0 Å². The Bertz CT molecular complexity index is 826. The average Bonchev–Trinajstić information content (AvgIpc) is 2.88. The van der Waals surface area contributed by atoms with Gasteiger partial charge in [0.25, 0.3) is 0 Å². The molecule has 5 nitrogen and oxygen atoms in total. The third kappa shape index (κ3) is 3.32. The number of hydrogen-bond acceptors (Lipinski definition) is 4. The molecule has 2 aromatic carbocycles. The smallest absolute Gasteiger partial charge is 0.121 e. The maximum absolute atomic E-state index is 5.80. The van der Waals surface area contributed by atoms with E-state index in [-0.39, 0.29) is 0 Å². The van der Waals surface area contributed by atoms with Crippen LogP contribution in [0.2, 0.25) is 0 Å². The zero-order valence-corrected chi connectivity index (χ0v) is 14.6. The number of rotatable bonds is 8. The van der Waals surface area contributed by atoms with Crippen LogP contribution in [-0.4, -0.2) is 45.0 Å². The van der Waals surface area contributed by atoms with Crippen molar-refractivity contribution in [2.75, 3.05) is 40.4 Å². The summed E-state index contributed by atoms with van der Waals surface area (Å²) in [6.07, 6.45) is 0. The van der Waals surface area contributed by atoms with Gasteiger partial charge in [-0.2, -0.15) is 0 Å². The van der Waals surface area contributed by atoms with Crippen LogP contribution in [0, 0.1) is 0 Å². The zero-order valence-electron chi connectivity index (χ0n) is 14.6. The number of aromatic nitrogens is 1. The minimum absolute atomic E-state index is 0.662. The third-order valence-corrected chi connectivity index (χ3v) is 4.19. The van der Waals surface area contributed by atoms with Crippen LogP contribution in [0.3, 0.4) is 0 Å². The SMILES string of the molecule is CNCCOc1ccc2c(c1)c1ccc(OCCNC)cc1n2C. The van der Waals surface area contributed by atoms with Crippen molar-refractivity contribution in [3.8, 4) is 11.5 Å². The van der Waals surface area contributed by atoms with Crippen molar-refractivity contribution in [3.05, 3.63) is 36.4 Å². The molecule has 3 rings (SSSR count). The molecule has 0 radical (unpaired) electrons. The number of ether oxygens (including phenoxy) is 2. The largest absolute Gasteiger partial charge is 0.492 e. The van der Waals surface area contributed by atoms with Gasteiger partial charge in [-0.3, -0.25) is 0 Å². The van der Waals surface area contributed by atoms with Crippen molar-refractivity contribution in [1.29, 1.82) is 0 Å². The topological polar surface area (TPSA) is 47.4 Å². The van der Waals surface area contributed by atoms with E-state index in [9.17, 15) is 0 Å². The molecule has 24 heavy (non-hydrogen) atoms. The Balaban J connectivity index is 1.94. The molecule has 1 heterocycles. The van der Waals surface area contributed by atoms with Crippen LogP contribution in [0.1, 0.15) is 0 Å². The van der Waals surface area contributed by atoms with Gasteiger partial charge in [-0.25, -0.2) is 0 Å². The molecule has 1 aromatic heterocycles. The number of fused-ring (bicyclic) bond motifs is 3. The van der Waals surface area contributed by atoms with Crippen LogP contribution in [0.5, 0.6) is 11.5 Å². The molecule has 0 saturated carbocycles. The molecular formula is C19H25N3O2. The molecule has 0 bridgehead atoms. The second-order valence-corrected chi connectivity index (χ2v) is 5.82. The summed E-state index contributed by atoms with van der Waals surface area (Å²) < 4.78 is 13.8. The zero-order chi connectivity index (χ0) is 16.9. The predicted molar refractivity (Wildman–Crippen MR) is 99.3 cm³/mol. The Morgan fingerprint density at radius 1 is 0.792 bits per heavy atom. The summed E-state index contributed by atoms with van der Waals surface area (Å²) in [6.45, 7) is 2.99. The van der Waals surface area contributed by atoms with E-state index in [4.69, 9.17) is 9.47 Å². The lowest BCUT2D eigenvalue weighted by atomic mass is 10.1. The molecule has 0 unspecified atom stereocenters. The molecule has 0 atom stereocenters. The number of likely N-dealkylation sites (N-methyl/N-ethyl adjacent to an activating group) is 2. The Morgan fingerprint density at radius 3 is 2.08 bits per heavy atom. The Morgan fingerprint density at radius 2 is 1.42 bits per heavy atom. The van der Waals surface area contributed by atoms with Crippen molar-refractivity contribution in [3.63, 3.8) is 0 Å². The highest BCUT2D eigenvalue weighted by Gasteiger charge is 2.10. The fourth-order valence-electron chi connectivity index (χ4n) is 2.89. The summed E-state index contributed by atoms with van der Waals surface area (Å²) in [5, 5.41) is 8.60. The lowest BCUT2D eigenvalue weighted by molar-refractivity contribution is 0.318. The Labute approximate surface area is 142 Å². The summed E-state index contributed by atoms with van der Waals surface area (Å²) in [7, 11) is 5.93. The summed E-state index contributed by atoms with van der Waals surface area (Å²) in [5.74, 6) is 1.80. The lowest BCUT2D eigenvalue weighted by Gasteiger charge is -2.06. The summed E-state index contributed by atoms with van der Waals surface area (Å²) in [5.41, 5.74) is 2.36. The molecule has 3 aromatic rings. The number of hydrogen-bond donors (Lipinski definition) is 2. The maximum Gasteiger partial charge on any atom is 0.121 e. The van der Waals surface area contributed by atoms with Gasteiger partial charge in [-0.1, -0.05) is 0 Å². The monoisotopic (exact) mass is 327 g/mol. The van der Waals surface area contributed by atoms with Gasteiger partial charge in [0, 0.05) is 42.5 Å². The molecule has 0 fully saturated rings. The van der Waals surface area contributed by atoms with Crippen molar-refractivity contribution in [2.24, 2.45) is 7.05 Å². The standard InChI is InChI=1S/C19H25N3O2/c1-20-8-10-23-14-5-7-18-17(12-14)16-6-4-15(24-11-9-21-2)13-19(16)22(18)3/h4-7,12-13,20-21H,8-11H2,1-3H3. The minimum Gasteiger partial charge on any atom is -0.492 e. The molecule has 2 N–H and O–H groups in total. The first-order valence-electron chi connectivity index (χ1n) is 8.31. The molecule has 0 aliphatic carbocycles. The van der Waals surface area contributed by atoms with E-state index in [1.165, 1.54) is 21.8 Å². The minimum atomic E-state index is 0.662. The predicted octanol–water partition coefficient (Wildman–Crippen LogP) is 2.53. The van der Waals surface area contributed by atoms with Crippen LogP contribution < -0.4 is 20.1 Å². The van der Waals surface area contributed by atoms with Crippen molar-refractivity contribution >= 4 is 21.8 Å². The van der Waals surface area contributed by atoms with E-state index in [1.54, 1.807) is 0 Å². The van der Waals surface area contributed by atoms with Crippen LogP contribution in [0.4, 0.5) is 0 Å². The highest BCUT2D eigenvalue weighted by Crippen LogP contribution is 2.33. The quantitative estimate of drug-likeness (QED) is 0.624. The molecule has 128 valence electrons. The average molecular weight is 327 g/mol. The van der Waals surface area contributed by atoms with Gasteiger partial charge in [0.15, 0.2) is 0 Å². The van der Waals surface area contributed by atoms with Crippen LogP contribution in [0.25, 0.3) is 21.8 Å². The van der Waals surface area contributed by atoms with Gasteiger partial charge in [0.05, 0.1) is 5.52 Å². The van der Waals surface area contributed by atoms with Crippen LogP contribution >= 0.6 is 0 Å². The summed E-state index contributed by atoms with van der Waals surface area (Å²) in [6, 6.07) is 12.5. The number of benzene rings is 2. The summed E-state index contributed by atoms with van der Waals surface area (Å²) in [4.78, 5) is 0. The molecular weight excluding hydrogens is 302 g/mol. The third-order valence-electron chi connectivity index (χ3n) is 4.19. The molecule has 5 heteroatoms. The molecule has 0 amide bonds. The van der Waals surface area contributed by atoms with Gasteiger partial charge < -0.3 is 24.7 Å². The fourth-order valence-corrected chi connectivity index (χ4v) is 2.89. The molecule has 0 spiro atoms. The first-order valence-corrected chi connectivity index (χ1v) is 8.31. The molecule has 0 aliphatic heterocycles. The van der Waals surface area contributed by atoms with E-state index in [2.05, 4.69) is 46.5 Å². The first-order chi connectivity index (χ1) is 11.7. The van der Waals surface area contributed by atoms with E-state index >= 15 is 0 Å². The van der Waals surface area contributed by atoms with Crippen LogP contribution in [0.15, 0.2) is 36.4 Å². The van der Waals surface area contributed by atoms with E-state index < -0.39 is 0 Å². The van der Waals surface area contributed by atoms with Gasteiger partial charge in [-0.05, 0) is 44.4 Å². The second-order valence-electron chi connectivity index (χ2n) is 5.82. The normalized spacial score (nSPS) is 11.3. The Kier molecular flexibility index (Phi) is 5.23.